The Kier molecular flexibility index (Phi) is 8.83. The monoisotopic (exact) mass is 576 g/mol. The Bertz CT molecular complexity index is 1470. The van der Waals surface area contributed by atoms with Crippen molar-refractivity contribution in [2.24, 2.45) is 0 Å². The Morgan fingerprint density at radius 2 is 1.62 bits per heavy atom. The highest BCUT2D eigenvalue weighted by Gasteiger charge is 2.30. The SMILES string of the molecule is COc1cc(C(=O)NCc2nnc(SCc3cccc(C(F)(F)F)c3)n2-c2ccc(F)cc2)cc(OC)c1OC. The van der Waals surface area contributed by atoms with Crippen molar-refractivity contribution in [3.63, 3.8) is 0 Å². The molecular weight excluding hydrogens is 552 g/mol. The zero-order chi connectivity index (χ0) is 28.9. The third-order valence-corrected chi connectivity index (χ3v) is 6.74. The molecule has 210 valence electrons. The van der Waals surface area contributed by atoms with Crippen LogP contribution >= 0.6 is 11.8 Å². The molecule has 8 nitrogen and oxygen atoms in total. The van der Waals surface area contributed by atoms with E-state index in [2.05, 4.69) is 15.5 Å². The molecule has 4 aromatic rings. The number of thioether (sulfide) groups is 1. The van der Waals surface area contributed by atoms with Crippen molar-refractivity contribution in [1.82, 2.24) is 20.1 Å². The third-order valence-electron chi connectivity index (χ3n) is 5.74. The number of alkyl halides is 3. The molecule has 1 heterocycles. The van der Waals surface area contributed by atoms with Crippen LogP contribution < -0.4 is 19.5 Å². The predicted molar refractivity (Wildman–Crippen MR) is 140 cm³/mol. The minimum atomic E-state index is -4.46. The third kappa shape index (κ3) is 6.47. The number of aromatic nitrogens is 3. The maximum atomic E-state index is 13.6. The number of carbonyl (C=O) groups excluding carboxylic acids is 1. The van der Waals surface area contributed by atoms with Crippen LogP contribution in [-0.4, -0.2) is 42.0 Å². The van der Waals surface area contributed by atoms with Crippen molar-refractivity contribution in [2.45, 2.75) is 23.6 Å². The number of nitrogens with one attached hydrogen (secondary N) is 1. The van der Waals surface area contributed by atoms with Crippen molar-refractivity contribution >= 4 is 17.7 Å². The van der Waals surface area contributed by atoms with Gasteiger partial charge < -0.3 is 19.5 Å². The number of carbonyl (C=O) groups is 1. The van der Waals surface area contributed by atoms with Gasteiger partial charge in [-0.3, -0.25) is 9.36 Å². The summed E-state index contributed by atoms with van der Waals surface area (Å²) in [6.45, 7) is -0.0655. The molecule has 40 heavy (non-hydrogen) atoms. The highest BCUT2D eigenvalue weighted by molar-refractivity contribution is 7.98. The highest BCUT2D eigenvalue weighted by atomic mass is 32.2. The van der Waals surface area contributed by atoms with Crippen LogP contribution in [0.4, 0.5) is 17.6 Å². The molecule has 1 N–H and O–H groups in total. The maximum Gasteiger partial charge on any atom is 0.416 e. The first-order valence-corrected chi connectivity index (χ1v) is 12.7. The van der Waals surface area contributed by atoms with Gasteiger partial charge in [-0.2, -0.15) is 13.2 Å². The van der Waals surface area contributed by atoms with Crippen LogP contribution in [0.25, 0.3) is 5.69 Å². The molecule has 1 aromatic heterocycles. The molecule has 0 radical (unpaired) electrons. The van der Waals surface area contributed by atoms with Crippen LogP contribution in [0.3, 0.4) is 0 Å². The van der Waals surface area contributed by atoms with Crippen molar-refractivity contribution < 1.29 is 36.6 Å². The molecule has 3 aromatic carbocycles. The van der Waals surface area contributed by atoms with E-state index in [1.165, 1.54) is 63.8 Å². The molecule has 0 saturated heterocycles. The standard InChI is InChI=1S/C27H24F4N4O4S/c1-37-21-12-17(13-22(38-2)24(21)39-3)25(36)32-14-23-33-34-26(35(23)20-9-7-19(28)8-10-20)40-15-16-5-4-6-18(11-16)27(29,30)31/h4-13H,14-15H2,1-3H3,(H,32,36). The normalized spacial score (nSPS) is 11.3. The Labute approximate surface area is 231 Å². The number of nitrogens with zero attached hydrogens (tertiary/aromatic N) is 3. The van der Waals surface area contributed by atoms with Crippen molar-refractivity contribution in [2.75, 3.05) is 21.3 Å². The van der Waals surface area contributed by atoms with E-state index < -0.39 is 23.5 Å². The first kappa shape index (κ1) is 28.7. The number of benzene rings is 3. The van der Waals surface area contributed by atoms with E-state index in [4.69, 9.17) is 14.2 Å². The van der Waals surface area contributed by atoms with E-state index in [0.717, 1.165) is 23.9 Å². The Morgan fingerprint density at radius 3 is 2.23 bits per heavy atom. The summed E-state index contributed by atoms with van der Waals surface area (Å²) in [4.78, 5) is 13.0. The van der Waals surface area contributed by atoms with Crippen LogP contribution in [0.15, 0.2) is 65.8 Å². The van der Waals surface area contributed by atoms with E-state index in [0.29, 0.717) is 39.5 Å². The quantitative estimate of drug-likeness (QED) is 0.192. The predicted octanol–water partition coefficient (Wildman–Crippen LogP) is 5.67. The summed E-state index contributed by atoms with van der Waals surface area (Å²) < 4.78 is 70.5. The van der Waals surface area contributed by atoms with Gasteiger partial charge in [0.25, 0.3) is 5.91 Å². The van der Waals surface area contributed by atoms with Crippen LogP contribution in [-0.2, 0) is 18.5 Å². The van der Waals surface area contributed by atoms with E-state index in [-0.39, 0.29) is 17.9 Å². The van der Waals surface area contributed by atoms with Crippen molar-refractivity contribution in [3.8, 4) is 22.9 Å². The van der Waals surface area contributed by atoms with Crippen LogP contribution in [0.2, 0.25) is 0 Å². The molecule has 13 heteroatoms. The van der Waals surface area contributed by atoms with E-state index in [9.17, 15) is 22.4 Å². The fourth-order valence-corrected chi connectivity index (χ4v) is 4.73. The number of rotatable bonds is 10. The van der Waals surface area contributed by atoms with Gasteiger partial charge in [0, 0.05) is 17.0 Å². The van der Waals surface area contributed by atoms with Crippen molar-refractivity contribution in [1.29, 1.82) is 0 Å². The largest absolute Gasteiger partial charge is 0.493 e. The summed E-state index contributed by atoms with van der Waals surface area (Å²) in [6.07, 6.45) is -4.46. The highest BCUT2D eigenvalue weighted by Crippen LogP contribution is 2.38. The molecule has 0 aliphatic heterocycles. The maximum absolute atomic E-state index is 13.6. The number of halogens is 4. The number of ether oxygens (including phenoxy) is 3. The molecule has 4 rings (SSSR count). The Balaban J connectivity index is 1.58. The molecule has 0 aliphatic carbocycles. The fraction of sp³-hybridized carbons (Fsp3) is 0.222. The molecule has 0 aliphatic rings. The van der Waals surface area contributed by atoms with Gasteiger partial charge in [-0.05, 0) is 48.0 Å². The minimum Gasteiger partial charge on any atom is -0.493 e. The van der Waals surface area contributed by atoms with Gasteiger partial charge in [-0.25, -0.2) is 4.39 Å². The number of methoxy groups -OCH3 is 3. The van der Waals surface area contributed by atoms with Crippen molar-refractivity contribution in [3.05, 3.63) is 89.0 Å². The molecule has 0 bridgehead atoms. The molecule has 0 saturated carbocycles. The van der Waals surface area contributed by atoms with Gasteiger partial charge in [0.15, 0.2) is 22.5 Å². The van der Waals surface area contributed by atoms with Gasteiger partial charge in [-0.1, -0.05) is 30.0 Å². The summed E-state index contributed by atoms with van der Waals surface area (Å²) in [5.41, 5.74) is 0.433. The molecule has 0 unspecified atom stereocenters. The van der Waals surface area contributed by atoms with Gasteiger partial charge >= 0.3 is 6.18 Å². The van der Waals surface area contributed by atoms with Gasteiger partial charge in [0.2, 0.25) is 5.75 Å². The lowest BCUT2D eigenvalue weighted by atomic mass is 10.1. The van der Waals surface area contributed by atoms with Crippen LogP contribution in [0.1, 0.15) is 27.3 Å². The van der Waals surface area contributed by atoms with Gasteiger partial charge in [0.1, 0.15) is 5.82 Å². The lowest BCUT2D eigenvalue weighted by molar-refractivity contribution is -0.137. The average molecular weight is 577 g/mol. The lowest BCUT2D eigenvalue weighted by Gasteiger charge is -2.14. The molecule has 0 fully saturated rings. The summed E-state index contributed by atoms with van der Waals surface area (Å²) in [5, 5.41) is 11.5. The number of hydrogen-bond acceptors (Lipinski definition) is 7. The summed E-state index contributed by atoms with van der Waals surface area (Å²) in [5.74, 6) is 0.503. The summed E-state index contributed by atoms with van der Waals surface area (Å²) >= 11 is 1.15. The molecular formula is C27H24F4N4O4S. The van der Waals surface area contributed by atoms with Gasteiger partial charge in [-0.15, -0.1) is 10.2 Å². The molecule has 1 amide bonds. The minimum absolute atomic E-state index is 0.0655. The number of amides is 1. The Morgan fingerprint density at radius 1 is 0.950 bits per heavy atom. The second kappa shape index (κ2) is 12.3. The van der Waals surface area contributed by atoms with Crippen LogP contribution in [0, 0.1) is 5.82 Å². The fourth-order valence-electron chi connectivity index (χ4n) is 3.82. The smallest absolute Gasteiger partial charge is 0.416 e. The first-order chi connectivity index (χ1) is 19.1. The summed E-state index contributed by atoms with van der Waals surface area (Å²) in [7, 11) is 4.32. The zero-order valence-corrected chi connectivity index (χ0v) is 22.4. The zero-order valence-electron chi connectivity index (χ0n) is 21.6. The molecule has 0 atom stereocenters. The van der Waals surface area contributed by atoms with E-state index in [1.807, 2.05) is 0 Å². The second-order valence-electron chi connectivity index (χ2n) is 8.29. The second-order valence-corrected chi connectivity index (χ2v) is 9.24. The number of hydrogen-bond donors (Lipinski definition) is 1. The van der Waals surface area contributed by atoms with Crippen LogP contribution in [0.5, 0.6) is 17.2 Å². The summed E-state index contributed by atoms with van der Waals surface area (Å²) in [6, 6.07) is 13.5. The lowest BCUT2D eigenvalue weighted by Crippen LogP contribution is -2.25. The molecule has 0 spiro atoms. The Hall–Kier alpha value is -4.26. The van der Waals surface area contributed by atoms with E-state index >= 15 is 0 Å². The topological polar surface area (TPSA) is 87.5 Å². The van der Waals surface area contributed by atoms with E-state index in [1.54, 1.807) is 10.6 Å². The first-order valence-electron chi connectivity index (χ1n) is 11.7. The average Bonchev–Trinajstić information content (AvgIpc) is 3.36. The van der Waals surface area contributed by atoms with Gasteiger partial charge in [0.05, 0.1) is 33.4 Å².